The molecule has 0 saturated carbocycles. The van der Waals surface area contributed by atoms with E-state index < -0.39 is 17.8 Å². The molecular formula is C12H15NO5. The third kappa shape index (κ3) is 3.13. The Labute approximate surface area is 105 Å². The molecule has 2 N–H and O–H groups in total. The van der Waals surface area contributed by atoms with Gasteiger partial charge in [0.15, 0.2) is 11.8 Å². The van der Waals surface area contributed by atoms with Crippen LogP contribution in [0.15, 0.2) is 18.2 Å². The number of hydrogen-bond donors (Lipinski definition) is 2. The van der Waals surface area contributed by atoms with Crippen LogP contribution in [0.25, 0.3) is 0 Å². The minimum atomic E-state index is -1.30. The van der Waals surface area contributed by atoms with E-state index >= 15 is 0 Å². The number of ketones is 1. The maximum atomic E-state index is 11.2. The highest BCUT2D eigenvalue weighted by molar-refractivity contribution is 6.04. The van der Waals surface area contributed by atoms with Gasteiger partial charge < -0.3 is 19.9 Å². The molecule has 0 aliphatic heterocycles. The largest absolute Gasteiger partial charge is 0.497 e. The van der Waals surface area contributed by atoms with Crippen molar-refractivity contribution in [1.29, 1.82) is 0 Å². The van der Waals surface area contributed by atoms with Gasteiger partial charge in [0.2, 0.25) is 0 Å². The average Bonchev–Trinajstić information content (AvgIpc) is 2.34. The summed E-state index contributed by atoms with van der Waals surface area (Å²) >= 11 is 0. The fraction of sp³-hybridized carbons (Fsp3) is 0.333. The highest BCUT2D eigenvalue weighted by Gasteiger charge is 2.23. The Morgan fingerprint density at radius 3 is 2.39 bits per heavy atom. The molecule has 1 atom stereocenters. The van der Waals surface area contributed by atoms with E-state index in [0.717, 1.165) is 0 Å². The smallest absolute Gasteiger partial charge is 0.333 e. The highest BCUT2D eigenvalue weighted by atomic mass is 16.5. The van der Waals surface area contributed by atoms with E-state index in [4.69, 9.17) is 14.6 Å². The topological polar surface area (TPSA) is 84.9 Å². The summed E-state index contributed by atoms with van der Waals surface area (Å²) in [4.78, 5) is 22.1. The molecule has 98 valence electrons. The van der Waals surface area contributed by atoms with E-state index in [1.54, 1.807) is 18.2 Å². The molecular weight excluding hydrogens is 238 g/mol. The van der Waals surface area contributed by atoms with Crippen LogP contribution in [0, 0.1) is 0 Å². The zero-order chi connectivity index (χ0) is 13.7. The molecule has 6 heteroatoms. The zero-order valence-corrected chi connectivity index (χ0v) is 10.4. The molecule has 0 amide bonds. The minimum Gasteiger partial charge on any atom is -0.497 e. The third-order valence-electron chi connectivity index (χ3n) is 2.36. The summed E-state index contributed by atoms with van der Waals surface area (Å²) < 4.78 is 10.1. The van der Waals surface area contributed by atoms with Crippen molar-refractivity contribution in [3.05, 3.63) is 18.2 Å². The van der Waals surface area contributed by atoms with Gasteiger partial charge in [0.25, 0.3) is 0 Å². The Bertz CT molecular complexity index is 444. The van der Waals surface area contributed by atoms with E-state index in [2.05, 4.69) is 5.32 Å². The van der Waals surface area contributed by atoms with Crippen LogP contribution in [0.2, 0.25) is 0 Å². The number of hydrogen-bond acceptors (Lipinski definition) is 5. The Morgan fingerprint density at radius 2 is 1.94 bits per heavy atom. The van der Waals surface area contributed by atoms with Crippen LogP contribution in [-0.4, -0.2) is 37.1 Å². The molecule has 1 rings (SSSR count). The third-order valence-corrected chi connectivity index (χ3v) is 2.36. The number of Topliss-reactive ketones (excluding diaryl/α,β-unsaturated/α-hetero) is 1. The number of anilines is 1. The van der Waals surface area contributed by atoms with Crippen molar-refractivity contribution in [2.24, 2.45) is 0 Å². The van der Waals surface area contributed by atoms with E-state index in [1.165, 1.54) is 21.1 Å². The molecule has 1 aromatic rings. The van der Waals surface area contributed by atoms with Crippen LogP contribution >= 0.6 is 0 Å². The van der Waals surface area contributed by atoms with Gasteiger partial charge in [-0.2, -0.15) is 0 Å². The summed E-state index contributed by atoms with van der Waals surface area (Å²) in [5.41, 5.74) is 0.418. The molecule has 0 aromatic heterocycles. The molecule has 0 aliphatic carbocycles. The molecule has 0 spiro atoms. The van der Waals surface area contributed by atoms with Crippen molar-refractivity contribution < 1.29 is 24.2 Å². The fourth-order valence-corrected chi connectivity index (χ4v) is 1.41. The monoisotopic (exact) mass is 253 g/mol. The van der Waals surface area contributed by atoms with Gasteiger partial charge in [0, 0.05) is 6.07 Å². The number of benzene rings is 1. The first-order valence-corrected chi connectivity index (χ1v) is 5.21. The molecule has 0 heterocycles. The fourth-order valence-electron chi connectivity index (χ4n) is 1.41. The molecule has 0 radical (unpaired) electrons. The van der Waals surface area contributed by atoms with Crippen molar-refractivity contribution in [2.45, 2.75) is 13.0 Å². The van der Waals surface area contributed by atoms with Gasteiger partial charge in [-0.15, -0.1) is 0 Å². The molecule has 6 nitrogen and oxygen atoms in total. The predicted octanol–water partition coefficient (Wildman–Crippen LogP) is 1.16. The minimum absolute atomic E-state index is 0.404. The van der Waals surface area contributed by atoms with E-state index in [1.807, 2.05) is 0 Å². The number of ether oxygens (including phenoxy) is 2. The number of aliphatic carboxylic acids is 1. The number of carbonyl (C=O) groups excluding carboxylic acids is 1. The summed E-state index contributed by atoms with van der Waals surface area (Å²) in [7, 11) is 2.96. The second-order valence-electron chi connectivity index (χ2n) is 3.59. The summed E-state index contributed by atoms with van der Waals surface area (Å²) in [6.07, 6.45) is 0. The van der Waals surface area contributed by atoms with Crippen molar-refractivity contribution in [3.8, 4) is 11.5 Å². The Morgan fingerprint density at radius 1 is 1.28 bits per heavy atom. The summed E-state index contributed by atoms with van der Waals surface area (Å²) in [5.74, 6) is -0.741. The van der Waals surface area contributed by atoms with Crippen molar-refractivity contribution in [2.75, 3.05) is 19.5 Å². The molecule has 1 aromatic carbocycles. The van der Waals surface area contributed by atoms with Gasteiger partial charge in [-0.05, 0) is 19.1 Å². The lowest BCUT2D eigenvalue weighted by molar-refractivity contribution is -0.140. The maximum Gasteiger partial charge on any atom is 0.333 e. The first-order valence-electron chi connectivity index (χ1n) is 5.21. The van der Waals surface area contributed by atoms with Gasteiger partial charge in [0.05, 0.1) is 19.9 Å². The Balaban J connectivity index is 3.02. The summed E-state index contributed by atoms with van der Waals surface area (Å²) in [6, 6.07) is 3.54. The van der Waals surface area contributed by atoms with Gasteiger partial charge in [-0.3, -0.25) is 4.79 Å². The molecule has 0 bridgehead atoms. The SMILES string of the molecule is COc1ccc(NC(C(C)=O)C(=O)O)c(OC)c1. The van der Waals surface area contributed by atoms with Gasteiger partial charge >= 0.3 is 5.97 Å². The second-order valence-corrected chi connectivity index (χ2v) is 3.59. The van der Waals surface area contributed by atoms with Crippen molar-refractivity contribution in [3.63, 3.8) is 0 Å². The molecule has 0 aliphatic rings. The molecule has 0 saturated heterocycles. The zero-order valence-electron chi connectivity index (χ0n) is 10.4. The quantitative estimate of drug-likeness (QED) is 0.740. The number of carboxylic acids is 1. The normalized spacial score (nSPS) is 11.5. The lowest BCUT2D eigenvalue weighted by atomic mass is 10.2. The number of methoxy groups -OCH3 is 2. The Hall–Kier alpha value is -2.24. The maximum absolute atomic E-state index is 11.2. The number of carboxylic acid groups (broad SMARTS) is 1. The van der Waals surface area contributed by atoms with Crippen LogP contribution in [0.5, 0.6) is 11.5 Å². The van der Waals surface area contributed by atoms with Crippen LogP contribution in [0.4, 0.5) is 5.69 Å². The van der Waals surface area contributed by atoms with Crippen LogP contribution in [0.3, 0.4) is 0 Å². The molecule has 1 unspecified atom stereocenters. The van der Waals surface area contributed by atoms with Crippen LogP contribution in [0.1, 0.15) is 6.92 Å². The summed E-state index contributed by atoms with van der Waals surface area (Å²) in [5, 5.41) is 11.5. The lowest BCUT2D eigenvalue weighted by Crippen LogP contribution is -2.35. The van der Waals surface area contributed by atoms with Crippen LogP contribution < -0.4 is 14.8 Å². The first-order chi connectivity index (χ1) is 8.49. The van der Waals surface area contributed by atoms with E-state index in [9.17, 15) is 9.59 Å². The highest BCUT2D eigenvalue weighted by Crippen LogP contribution is 2.29. The van der Waals surface area contributed by atoms with Crippen LogP contribution in [-0.2, 0) is 9.59 Å². The number of nitrogens with one attached hydrogen (secondary N) is 1. The summed E-state index contributed by atoms with van der Waals surface area (Å²) in [6.45, 7) is 1.21. The first kappa shape index (κ1) is 13.8. The lowest BCUT2D eigenvalue weighted by Gasteiger charge is -2.16. The number of rotatable bonds is 6. The van der Waals surface area contributed by atoms with E-state index in [0.29, 0.717) is 17.2 Å². The molecule has 18 heavy (non-hydrogen) atoms. The van der Waals surface area contributed by atoms with E-state index in [-0.39, 0.29) is 0 Å². The van der Waals surface area contributed by atoms with Gasteiger partial charge in [0.1, 0.15) is 11.5 Å². The van der Waals surface area contributed by atoms with Crippen molar-refractivity contribution in [1.82, 2.24) is 0 Å². The average molecular weight is 253 g/mol. The number of carbonyl (C=O) groups is 2. The molecule has 0 fully saturated rings. The van der Waals surface area contributed by atoms with Gasteiger partial charge in [-0.25, -0.2) is 4.79 Å². The second kappa shape index (κ2) is 5.90. The Kier molecular flexibility index (Phi) is 4.53. The van der Waals surface area contributed by atoms with Crippen molar-refractivity contribution >= 4 is 17.4 Å². The predicted molar refractivity (Wildman–Crippen MR) is 65.3 cm³/mol. The van der Waals surface area contributed by atoms with Gasteiger partial charge in [-0.1, -0.05) is 0 Å². The standard InChI is InChI=1S/C12H15NO5/c1-7(14)11(12(15)16)13-9-5-4-8(17-2)6-10(9)18-3/h4-6,11,13H,1-3H3,(H,15,16).